The minimum atomic E-state index is -0.422. The van der Waals surface area contributed by atoms with Crippen LogP contribution in [-0.2, 0) is 17.9 Å². The number of hydrogen-bond acceptors (Lipinski definition) is 5. The van der Waals surface area contributed by atoms with Gasteiger partial charge in [0.25, 0.3) is 0 Å². The van der Waals surface area contributed by atoms with Gasteiger partial charge in [0.15, 0.2) is 12.5 Å². The summed E-state index contributed by atoms with van der Waals surface area (Å²) in [6.07, 6.45) is 0. The van der Waals surface area contributed by atoms with Crippen molar-refractivity contribution in [2.24, 2.45) is 5.18 Å². The van der Waals surface area contributed by atoms with Crippen molar-refractivity contribution in [3.63, 3.8) is 0 Å². The van der Waals surface area contributed by atoms with Crippen molar-refractivity contribution in [2.45, 2.75) is 13.2 Å². The van der Waals surface area contributed by atoms with E-state index >= 15 is 0 Å². The predicted molar refractivity (Wildman–Crippen MR) is 110 cm³/mol. The zero-order chi connectivity index (χ0) is 20.7. The van der Waals surface area contributed by atoms with Gasteiger partial charge in [-0.2, -0.15) is 0 Å². The van der Waals surface area contributed by atoms with Crippen LogP contribution >= 0.6 is 0 Å². The van der Waals surface area contributed by atoms with Crippen molar-refractivity contribution >= 4 is 16.6 Å². The van der Waals surface area contributed by atoms with Gasteiger partial charge in [-0.05, 0) is 40.6 Å². The highest BCUT2D eigenvalue weighted by atomic mass is 19.1. The third-order valence-electron chi connectivity index (χ3n) is 5.29. The first-order valence-electron chi connectivity index (χ1n) is 9.41. The zero-order valence-electron chi connectivity index (χ0n) is 15.8. The fourth-order valence-electron chi connectivity index (χ4n) is 3.93. The summed E-state index contributed by atoms with van der Waals surface area (Å²) < 4.78 is 26.5. The van der Waals surface area contributed by atoms with Crippen LogP contribution in [0, 0.1) is 10.7 Å². The lowest BCUT2D eigenvalue weighted by Crippen LogP contribution is -2.14. The van der Waals surface area contributed by atoms with Gasteiger partial charge < -0.3 is 19.1 Å². The minimum absolute atomic E-state index is 0.0442. The van der Waals surface area contributed by atoms with Crippen molar-refractivity contribution in [3.8, 4) is 22.8 Å². The molecule has 0 radical (unpaired) electrons. The molecule has 0 atom stereocenters. The summed E-state index contributed by atoms with van der Waals surface area (Å²) in [6, 6.07) is 18.0. The molecule has 1 N–H and O–H groups in total. The van der Waals surface area contributed by atoms with Crippen molar-refractivity contribution in [1.82, 2.24) is 4.57 Å². The molecule has 0 spiro atoms. The number of hydrogen-bond donors (Lipinski definition) is 1. The van der Waals surface area contributed by atoms with Gasteiger partial charge in [-0.25, -0.2) is 4.39 Å². The quantitative estimate of drug-likeness (QED) is 0.458. The summed E-state index contributed by atoms with van der Waals surface area (Å²) in [5.41, 5.74) is 3.60. The van der Waals surface area contributed by atoms with Crippen molar-refractivity contribution in [3.05, 3.63) is 82.5 Å². The largest absolute Gasteiger partial charge is 0.493 e. The Hall–Kier alpha value is -3.71. The second-order valence-electron chi connectivity index (χ2n) is 7.11. The molecule has 1 aliphatic rings. The van der Waals surface area contributed by atoms with Crippen LogP contribution in [0.15, 0.2) is 65.8 Å². The van der Waals surface area contributed by atoms with Gasteiger partial charge in [0.1, 0.15) is 11.6 Å². The highest BCUT2D eigenvalue weighted by Gasteiger charge is 2.22. The Bertz CT molecular complexity index is 1270. The maximum absolute atomic E-state index is 14.1. The first-order valence-corrected chi connectivity index (χ1v) is 9.41. The van der Waals surface area contributed by atoms with Crippen molar-refractivity contribution in [1.29, 1.82) is 0 Å². The third-order valence-corrected chi connectivity index (χ3v) is 5.29. The van der Waals surface area contributed by atoms with E-state index < -0.39 is 5.82 Å². The maximum Gasteiger partial charge on any atom is 0.222 e. The fourth-order valence-corrected chi connectivity index (χ4v) is 3.93. The molecular weight excluding hydrogens is 387 g/mol. The molecule has 150 valence electrons. The van der Waals surface area contributed by atoms with Crippen LogP contribution in [-0.4, -0.2) is 16.5 Å². The first-order chi connectivity index (χ1) is 14.7. The Morgan fingerprint density at radius 2 is 1.90 bits per heavy atom. The van der Waals surface area contributed by atoms with E-state index in [0.717, 1.165) is 11.1 Å². The number of ether oxygens (including phenoxy) is 2. The number of nitrogens with zero attached hydrogens (tertiary/aromatic N) is 2. The molecule has 4 aromatic rings. The number of aromatic nitrogens is 1. The Balaban J connectivity index is 1.65. The minimum Gasteiger partial charge on any atom is -0.493 e. The molecule has 2 heterocycles. The lowest BCUT2D eigenvalue weighted by molar-refractivity contribution is -0.0173. The van der Waals surface area contributed by atoms with Crippen LogP contribution in [0.1, 0.15) is 11.1 Å². The maximum atomic E-state index is 14.1. The fraction of sp³-hybridized carbons (Fsp3) is 0.130. The van der Waals surface area contributed by atoms with Crippen molar-refractivity contribution < 1.29 is 19.0 Å². The van der Waals surface area contributed by atoms with Crippen LogP contribution < -0.4 is 4.74 Å². The molecule has 0 unspecified atom stereocenters. The van der Waals surface area contributed by atoms with Crippen LogP contribution in [0.25, 0.3) is 22.0 Å². The summed E-state index contributed by atoms with van der Waals surface area (Å²) in [7, 11) is 0. The van der Waals surface area contributed by atoms with Gasteiger partial charge in [-0.3, -0.25) is 0 Å². The molecular formula is C23H17FN2O4. The normalized spacial score (nSPS) is 13.1. The molecule has 1 aromatic heterocycles. The van der Waals surface area contributed by atoms with E-state index in [1.54, 1.807) is 0 Å². The Kier molecular flexibility index (Phi) is 4.44. The molecule has 0 aliphatic carbocycles. The number of fused-ring (bicyclic) bond motifs is 2. The number of rotatable bonds is 4. The summed E-state index contributed by atoms with van der Waals surface area (Å²) in [4.78, 5) is 11.5. The van der Waals surface area contributed by atoms with Gasteiger partial charge in [0.2, 0.25) is 5.88 Å². The number of halogens is 1. The second-order valence-corrected chi connectivity index (χ2v) is 7.11. The average Bonchev–Trinajstić information content (AvgIpc) is 3.04. The van der Waals surface area contributed by atoms with E-state index in [1.807, 2.05) is 48.5 Å². The highest BCUT2D eigenvalue weighted by molar-refractivity contribution is 5.97. The molecule has 30 heavy (non-hydrogen) atoms. The molecule has 6 nitrogen and oxygen atoms in total. The third kappa shape index (κ3) is 3.00. The molecule has 0 fully saturated rings. The van der Waals surface area contributed by atoms with Crippen LogP contribution in [0.2, 0.25) is 0 Å². The molecule has 0 saturated carbocycles. The van der Waals surface area contributed by atoms with E-state index in [-0.39, 0.29) is 31.5 Å². The topological polar surface area (TPSA) is 73.0 Å². The lowest BCUT2D eigenvalue weighted by atomic mass is 10.0. The van der Waals surface area contributed by atoms with E-state index in [0.29, 0.717) is 27.8 Å². The Morgan fingerprint density at radius 1 is 1.07 bits per heavy atom. The molecule has 5 rings (SSSR count). The van der Waals surface area contributed by atoms with Crippen LogP contribution in [0.3, 0.4) is 0 Å². The monoisotopic (exact) mass is 404 g/mol. The molecule has 1 aliphatic heterocycles. The predicted octanol–water partition coefficient (Wildman–Crippen LogP) is 5.47. The Morgan fingerprint density at radius 3 is 2.70 bits per heavy atom. The Labute approximate surface area is 171 Å². The number of nitroso groups, excluding NO2 is 1. The lowest BCUT2D eigenvalue weighted by Gasteiger charge is -2.21. The first kappa shape index (κ1) is 18.3. The van der Waals surface area contributed by atoms with Crippen molar-refractivity contribution in [2.75, 3.05) is 6.79 Å². The van der Waals surface area contributed by atoms with E-state index in [4.69, 9.17) is 9.47 Å². The van der Waals surface area contributed by atoms with E-state index in [1.165, 1.54) is 16.7 Å². The zero-order valence-corrected chi connectivity index (χ0v) is 15.8. The summed E-state index contributed by atoms with van der Waals surface area (Å²) >= 11 is 0. The summed E-state index contributed by atoms with van der Waals surface area (Å²) in [5, 5.41) is 14.3. The highest BCUT2D eigenvalue weighted by Crippen LogP contribution is 2.41. The van der Waals surface area contributed by atoms with E-state index in [2.05, 4.69) is 5.18 Å². The van der Waals surface area contributed by atoms with Gasteiger partial charge >= 0.3 is 0 Å². The summed E-state index contributed by atoms with van der Waals surface area (Å²) in [6.45, 7) is 0.439. The SMILES string of the molecule is O=Nc1c(O)n(Cc2cc(F)cc3c2OCOC3)c2ccc(-c3ccccc3)cc12. The van der Waals surface area contributed by atoms with Crippen LogP contribution in [0.4, 0.5) is 10.1 Å². The van der Waals surface area contributed by atoms with Gasteiger partial charge in [0.05, 0.1) is 18.7 Å². The van der Waals surface area contributed by atoms with Gasteiger partial charge in [-0.1, -0.05) is 36.4 Å². The molecule has 3 aromatic carbocycles. The number of benzene rings is 3. The molecule has 0 bridgehead atoms. The average molecular weight is 404 g/mol. The van der Waals surface area contributed by atoms with Gasteiger partial charge in [0, 0.05) is 16.5 Å². The molecule has 7 heteroatoms. The number of aromatic hydroxyl groups is 1. The van der Waals surface area contributed by atoms with E-state index in [9.17, 15) is 14.4 Å². The van der Waals surface area contributed by atoms with Crippen LogP contribution in [0.5, 0.6) is 11.6 Å². The molecule has 0 saturated heterocycles. The standard InChI is InChI=1S/C23H17FN2O4/c24-18-8-16(22-17(9-18)12-29-13-30-22)11-26-20-7-6-15(14-4-2-1-3-5-14)10-19(20)21(25-28)23(26)27/h1-10,27H,11-13H2. The second kappa shape index (κ2) is 7.27. The van der Waals surface area contributed by atoms with Gasteiger partial charge in [-0.15, -0.1) is 4.91 Å². The summed E-state index contributed by atoms with van der Waals surface area (Å²) in [5.74, 6) is -0.158. The smallest absolute Gasteiger partial charge is 0.222 e. The molecule has 0 amide bonds.